The van der Waals surface area contributed by atoms with Crippen LogP contribution in [0.25, 0.3) is 0 Å². The number of nitrogens with zero attached hydrogens (tertiary/aromatic N) is 3. The zero-order valence-electron chi connectivity index (χ0n) is 18.1. The first-order valence-corrected chi connectivity index (χ1v) is 10.9. The maximum atomic E-state index is 12.4. The number of para-hydroxylation sites is 1. The number of amides is 1. The number of ether oxygens (including phenoxy) is 1. The largest absolute Gasteiger partial charge is 0.457 e. The Balaban J connectivity index is 0.00000324. The smallest absolute Gasteiger partial charge is 0.269 e. The molecule has 3 aromatic carbocycles. The highest BCUT2D eigenvalue weighted by Crippen LogP contribution is 2.23. The SMILES string of the molecule is Cl.Cn1c(CC(=O)Nc2ccc([N+](=O)[O-])cc2)csc1=Nc1ccc(Oc2ccccc2)cc1. The number of non-ortho nitro benzene ring substituents is 1. The molecule has 0 aliphatic carbocycles. The molecule has 1 amide bonds. The fourth-order valence-electron chi connectivity index (χ4n) is 3.02. The number of benzene rings is 3. The molecule has 4 rings (SSSR count). The van der Waals surface area contributed by atoms with Gasteiger partial charge in [0.15, 0.2) is 4.80 Å². The molecular weight excluding hydrogens is 476 g/mol. The fourth-order valence-corrected chi connectivity index (χ4v) is 3.94. The summed E-state index contributed by atoms with van der Waals surface area (Å²) in [4.78, 5) is 28.1. The van der Waals surface area contributed by atoms with Crippen LogP contribution in [0.15, 0.2) is 89.2 Å². The number of hydrogen-bond donors (Lipinski definition) is 1. The molecule has 4 aromatic rings. The van der Waals surface area contributed by atoms with Crippen molar-refractivity contribution in [3.63, 3.8) is 0 Å². The van der Waals surface area contributed by atoms with E-state index in [0.29, 0.717) is 5.69 Å². The number of thiazole rings is 1. The van der Waals surface area contributed by atoms with Gasteiger partial charge in [-0.05, 0) is 48.5 Å². The van der Waals surface area contributed by atoms with Gasteiger partial charge in [0.05, 0.1) is 17.0 Å². The molecule has 0 radical (unpaired) electrons. The summed E-state index contributed by atoms with van der Waals surface area (Å²) in [7, 11) is 1.86. The molecule has 0 aliphatic heterocycles. The highest BCUT2D eigenvalue weighted by molar-refractivity contribution is 7.07. The quantitative estimate of drug-likeness (QED) is 0.265. The van der Waals surface area contributed by atoms with Crippen molar-refractivity contribution in [2.45, 2.75) is 6.42 Å². The lowest BCUT2D eigenvalue weighted by Gasteiger charge is -2.06. The first kappa shape index (κ1) is 24.7. The van der Waals surface area contributed by atoms with Crippen LogP contribution in [-0.4, -0.2) is 15.4 Å². The van der Waals surface area contributed by atoms with Crippen LogP contribution in [0.4, 0.5) is 17.1 Å². The first-order valence-electron chi connectivity index (χ1n) is 10.0. The minimum atomic E-state index is -0.480. The predicted molar refractivity (Wildman–Crippen MR) is 134 cm³/mol. The van der Waals surface area contributed by atoms with Gasteiger partial charge in [-0.25, -0.2) is 4.99 Å². The minimum Gasteiger partial charge on any atom is -0.457 e. The minimum absolute atomic E-state index is 0. The van der Waals surface area contributed by atoms with E-state index in [4.69, 9.17) is 4.74 Å². The maximum Gasteiger partial charge on any atom is 0.269 e. The third-order valence-corrected chi connectivity index (χ3v) is 5.73. The summed E-state index contributed by atoms with van der Waals surface area (Å²) >= 11 is 1.44. The van der Waals surface area contributed by atoms with E-state index in [2.05, 4.69) is 10.3 Å². The Morgan fingerprint density at radius 3 is 2.32 bits per heavy atom. The summed E-state index contributed by atoms with van der Waals surface area (Å²) in [6.07, 6.45) is 0.156. The second-order valence-electron chi connectivity index (χ2n) is 7.12. The molecule has 10 heteroatoms. The Morgan fingerprint density at radius 1 is 1.03 bits per heavy atom. The topological polar surface area (TPSA) is 98.8 Å². The van der Waals surface area contributed by atoms with Gasteiger partial charge in [0.25, 0.3) is 5.69 Å². The van der Waals surface area contributed by atoms with Crippen LogP contribution >= 0.6 is 23.7 Å². The number of hydrogen-bond acceptors (Lipinski definition) is 6. The number of rotatable bonds is 7. The summed E-state index contributed by atoms with van der Waals surface area (Å²) in [6.45, 7) is 0. The summed E-state index contributed by atoms with van der Waals surface area (Å²) in [5, 5.41) is 15.4. The van der Waals surface area contributed by atoms with Crippen LogP contribution in [0.2, 0.25) is 0 Å². The van der Waals surface area contributed by atoms with E-state index in [9.17, 15) is 14.9 Å². The van der Waals surface area contributed by atoms with Crippen molar-refractivity contribution in [3.8, 4) is 11.5 Å². The Morgan fingerprint density at radius 2 is 1.68 bits per heavy atom. The van der Waals surface area contributed by atoms with Gasteiger partial charge in [0.2, 0.25) is 5.91 Å². The van der Waals surface area contributed by atoms with Gasteiger partial charge in [-0.3, -0.25) is 14.9 Å². The Labute approximate surface area is 205 Å². The number of nitro benzene ring substituents is 1. The molecule has 0 bridgehead atoms. The predicted octanol–water partition coefficient (Wildman–Crippen LogP) is 5.62. The fraction of sp³-hybridized carbons (Fsp3) is 0.0833. The van der Waals surface area contributed by atoms with Crippen molar-refractivity contribution in [1.82, 2.24) is 4.57 Å². The zero-order chi connectivity index (χ0) is 23.2. The molecule has 174 valence electrons. The van der Waals surface area contributed by atoms with Crippen LogP contribution < -0.4 is 14.9 Å². The lowest BCUT2D eigenvalue weighted by molar-refractivity contribution is -0.384. The van der Waals surface area contributed by atoms with Crippen molar-refractivity contribution in [3.05, 3.63) is 105 Å². The van der Waals surface area contributed by atoms with E-state index >= 15 is 0 Å². The van der Waals surface area contributed by atoms with E-state index in [1.807, 2.05) is 71.6 Å². The standard InChI is InChI=1S/C24H20N4O4S.ClH/c1-27-20(15-23(29)25-17-7-11-19(12-8-17)28(30)31)16-33-24(27)26-18-9-13-22(14-10-18)32-21-5-3-2-4-6-21;/h2-14,16H,15H2,1H3,(H,25,29);1H. The molecule has 0 aliphatic rings. The number of nitro groups is 1. The van der Waals surface area contributed by atoms with E-state index < -0.39 is 4.92 Å². The first-order chi connectivity index (χ1) is 16.0. The summed E-state index contributed by atoms with van der Waals surface area (Å²) < 4.78 is 7.67. The Hall–Kier alpha value is -3.95. The van der Waals surface area contributed by atoms with Crippen molar-refractivity contribution < 1.29 is 14.5 Å². The van der Waals surface area contributed by atoms with Crippen LogP contribution in [0.3, 0.4) is 0 Å². The molecule has 0 fully saturated rings. The molecule has 0 atom stereocenters. The summed E-state index contributed by atoms with van der Waals surface area (Å²) in [5.41, 5.74) is 2.06. The van der Waals surface area contributed by atoms with E-state index in [1.165, 1.54) is 35.6 Å². The summed E-state index contributed by atoms with van der Waals surface area (Å²) in [6, 6.07) is 22.7. The average molecular weight is 497 g/mol. The highest BCUT2D eigenvalue weighted by atomic mass is 35.5. The average Bonchev–Trinajstić information content (AvgIpc) is 3.15. The second kappa shape index (κ2) is 11.3. The van der Waals surface area contributed by atoms with Gasteiger partial charge in [0.1, 0.15) is 11.5 Å². The lowest BCUT2D eigenvalue weighted by atomic mass is 10.2. The third kappa shape index (κ3) is 6.31. The van der Waals surface area contributed by atoms with Crippen LogP contribution in [0.5, 0.6) is 11.5 Å². The van der Waals surface area contributed by atoms with E-state index in [0.717, 1.165) is 27.7 Å². The number of carbonyl (C=O) groups excluding carboxylic acids is 1. The van der Waals surface area contributed by atoms with Crippen molar-refractivity contribution in [2.75, 3.05) is 5.32 Å². The molecule has 34 heavy (non-hydrogen) atoms. The molecule has 0 saturated heterocycles. The van der Waals surface area contributed by atoms with E-state index in [1.54, 1.807) is 0 Å². The Kier molecular flexibility index (Phi) is 8.18. The van der Waals surface area contributed by atoms with Gasteiger partial charge < -0.3 is 14.6 Å². The van der Waals surface area contributed by atoms with E-state index in [-0.39, 0.29) is 30.4 Å². The molecule has 8 nitrogen and oxygen atoms in total. The van der Waals surface area contributed by atoms with Crippen molar-refractivity contribution in [1.29, 1.82) is 0 Å². The number of anilines is 1. The van der Waals surface area contributed by atoms with Gasteiger partial charge >= 0.3 is 0 Å². The Bertz CT molecular complexity index is 1330. The van der Waals surface area contributed by atoms with Gasteiger partial charge in [0, 0.05) is 35.9 Å². The second-order valence-corrected chi connectivity index (χ2v) is 7.95. The van der Waals surface area contributed by atoms with Crippen molar-refractivity contribution in [2.24, 2.45) is 12.0 Å². The normalized spacial score (nSPS) is 10.9. The molecule has 0 spiro atoms. The number of nitrogens with one attached hydrogen (secondary N) is 1. The number of halogens is 1. The van der Waals surface area contributed by atoms with Crippen LogP contribution in [0.1, 0.15) is 5.69 Å². The molecular formula is C24H21ClN4O4S. The van der Waals surface area contributed by atoms with Gasteiger partial charge in [-0.1, -0.05) is 18.2 Å². The highest BCUT2D eigenvalue weighted by Gasteiger charge is 2.10. The number of aromatic nitrogens is 1. The summed E-state index contributed by atoms with van der Waals surface area (Å²) in [5.74, 6) is 1.27. The molecule has 0 saturated carbocycles. The van der Waals surface area contributed by atoms with Gasteiger partial charge in [-0.2, -0.15) is 0 Å². The van der Waals surface area contributed by atoms with Crippen molar-refractivity contribution >= 4 is 46.7 Å². The van der Waals surface area contributed by atoms with Crippen LogP contribution in [0, 0.1) is 10.1 Å². The zero-order valence-corrected chi connectivity index (χ0v) is 19.7. The molecule has 1 N–H and O–H groups in total. The van der Waals surface area contributed by atoms with Gasteiger partial charge in [-0.15, -0.1) is 23.7 Å². The molecule has 0 unspecified atom stereocenters. The maximum absolute atomic E-state index is 12.4. The van der Waals surface area contributed by atoms with Crippen LogP contribution in [-0.2, 0) is 18.3 Å². The molecule has 1 aromatic heterocycles. The lowest BCUT2D eigenvalue weighted by Crippen LogP contribution is -2.19. The molecule has 1 heterocycles. The third-order valence-electron chi connectivity index (χ3n) is 4.76. The number of carbonyl (C=O) groups is 1. The monoisotopic (exact) mass is 496 g/mol.